The van der Waals surface area contributed by atoms with E-state index in [4.69, 9.17) is 9.72 Å². The highest BCUT2D eigenvalue weighted by Crippen LogP contribution is 2.32. The molecule has 1 amide bonds. The number of carbonyl (C=O) groups excluding carboxylic acids is 1. The molecule has 3 aromatic heterocycles. The van der Waals surface area contributed by atoms with E-state index in [1.807, 2.05) is 44.4 Å². The molecular formula is C29H28FN7O2. The minimum atomic E-state index is -0.536. The average molecular weight is 526 g/mol. The number of benzene rings is 2. The van der Waals surface area contributed by atoms with Crippen molar-refractivity contribution in [2.45, 2.75) is 13.1 Å². The van der Waals surface area contributed by atoms with E-state index in [-0.39, 0.29) is 12.5 Å². The smallest absolute Gasteiger partial charge is 0.247 e. The van der Waals surface area contributed by atoms with E-state index in [1.165, 1.54) is 6.08 Å². The van der Waals surface area contributed by atoms with Crippen LogP contribution < -0.4 is 15.4 Å². The second-order valence-electron chi connectivity index (χ2n) is 9.18. The third-order valence-electron chi connectivity index (χ3n) is 5.89. The SMILES string of the molecule is C=CC(=O)Nc1cccc(Oc2nc(Nc3ccc4nc(CN(C)C)ccc4c3)nc3c2ccn3CCF)c1. The minimum absolute atomic E-state index is 0.152. The number of ether oxygens (including phenoxy) is 1. The number of halogens is 1. The molecule has 5 rings (SSSR count). The number of nitrogens with one attached hydrogen (secondary N) is 2. The molecule has 0 aliphatic rings. The average Bonchev–Trinajstić information content (AvgIpc) is 3.31. The third-order valence-corrected chi connectivity index (χ3v) is 5.89. The minimum Gasteiger partial charge on any atom is -0.438 e. The quantitative estimate of drug-likeness (QED) is 0.227. The number of alkyl halides is 1. The van der Waals surface area contributed by atoms with Crippen LogP contribution in [0.4, 0.5) is 21.7 Å². The van der Waals surface area contributed by atoms with Crippen molar-refractivity contribution < 1.29 is 13.9 Å². The van der Waals surface area contributed by atoms with Gasteiger partial charge in [0.05, 0.1) is 23.1 Å². The van der Waals surface area contributed by atoms with Gasteiger partial charge in [-0.3, -0.25) is 9.78 Å². The fourth-order valence-electron chi connectivity index (χ4n) is 4.17. The fourth-order valence-corrected chi connectivity index (χ4v) is 4.17. The van der Waals surface area contributed by atoms with Crippen LogP contribution in [-0.4, -0.2) is 51.1 Å². The summed E-state index contributed by atoms with van der Waals surface area (Å²) in [5.74, 6) is 0.726. The summed E-state index contributed by atoms with van der Waals surface area (Å²) in [6.07, 6.45) is 2.95. The second kappa shape index (κ2) is 11.3. The Balaban J connectivity index is 1.48. The van der Waals surface area contributed by atoms with Crippen LogP contribution in [0.3, 0.4) is 0 Å². The normalized spacial score (nSPS) is 11.2. The van der Waals surface area contributed by atoms with E-state index >= 15 is 0 Å². The van der Waals surface area contributed by atoms with Gasteiger partial charge in [0.2, 0.25) is 17.7 Å². The molecule has 198 valence electrons. The molecule has 0 saturated carbocycles. The lowest BCUT2D eigenvalue weighted by Gasteiger charge is -2.12. The van der Waals surface area contributed by atoms with Gasteiger partial charge in [0.1, 0.15) is 18.1 Å². The maximum absolute atomic E-state index is 13.2. The highest BCUT2D eigenvalue weighted by atomic mass is 19.1. The molecule has 2 N–H and O–H groups in total. The Morgan fingerprint density at radius 2 is 1.95 bits per heavy atom. The van der Waals surface area contributed by atoms with Crippen molar-refractivity contribution >= 4 is 45.2 Å². The third kappa shape index (κ3) is 6.02. The number of aromatic nitrogens is 4. The summed E-state index contributed by atoms with van der Waals surface area (Å²) < 4.78 is 21.1. The van der Waals surface area contributed by atoms with E-state index in [2.05, 4.69) is 32.1 Å². The molecule has 0 spiro atoms. The topological polar surface area (TPSA) is 97.2 Å². The summed E-state index contributed by atoms with van der Waals surface area (Å²) in [7, 11) is 4.02. The van der Waals surface area contributed by atoms with E-state index in [1.54, 1.807) is 41.1 Å². The van der Waals surface area contributed by atoms with Crippen LogP contribution >= 0.6 is 0 Å². The first-order valence-electron chi connectivity index (χ1n) is 12.4. The maximum atomic E-state index is 13.2. The zero-order valence-corrected chi connectivity index (χ0v) is 21.7. The molecule has 0 aliphatic heterocycles. The van der Waals surface area contributed by atoms with Gasteiger partial charge in [0, 0.05) is 35.6 Å². The lowest BCUT2D eigenvalue weighted by molar-refractivity contribution is -0.111. The van der Waals surface area contributed by atoms with Crippen LogP contribution in [0.5, 0.6) is 11.6 Å². The van der Waals surface area contributed by atoms with Gasteiger partial charge in [-0.1, -0.05) is 18.7 Å². The molecule has 0 unspecified atom stereocenters. The van der Waals surface area contributed by atoms with Gasteiger partial charge in [-0.15, -0.1) is 0 Å². The Hall–Kier alpha value is -4.83. The van der Waals surface area contributed by atoms with Crippen LogP contribution in [0.15, 0.2) is 79.5 Å². The molecule has 3 heterocycles. The van der Waals surface area contributed by atoms with Crippen molar-refractivity contribution in [3.63, 3.8) is 0 Å². The Morgan fingerprint density at radius 3 is 2.74 bits per heavy atom. The van der Waals surface area contributed by atoms with Crippen molar-refractivity contribution in [3.05, 3.63) is 85.2 Å². The molecule has 0 atom stereocenters. The second-order valence-corrected chi connectivity index (χ2v) is 9.18. The Bertz CT molecular complexity index is 1660. The predicted molar refractivity (Wildman–Crippen MR) is 151 cm³/mol. The summed E-state index contributed by atoms with van der Waals surface area (Å²) in [5, 5.41) is 7.57. The molecule has 9 nitrogen and oxygen atoms in total. The first-order chi connectivity index (χ1) is 18.9. The van der Waals surface area contributed by atoms with Crippen LogP contribution in [0, 0.1) is 0 Å². The molecule has 39 heavy (non-hydrogen) atoms. The first kappa shape index (κ1) is 25.8. The van der Waals surface area contributed by atoms with Crippen molar-refractivity contribution in [1.82, 2.24) is 24.4 Å². The summed E-state index contributed by atoms with van der Waals surface area (Å²) >= 11 is 0. The molecule has 10 heteroatoms. The van der Waals surface area contributed by atoms with Gasteiger partial charge in [-0.25, -0.2) is 4.39 Å². The molecule has 0 radical (unpaired) electrons. The first-order valence-corrected chi connectivity index (χ1v) is 12.4. The van der Waals surface area contributed by atoms with Gasteiger partial charge >= 0.3 is 0 Å². The van der Waals surface area contributed by atoms with Crippen LogP contribution in [0.25, 0.3) is 21.9 Å². The van der Waals surface area contributed by atoms with Crippen molar-refractivity contribution in [3.8, 4) is 11.6 Å². The molecule has 5 aromatic rings. The van der Waals surface area contributed by atoms with Gasteiger partial charge < -0.3 is 24.8 Å². The number of hydrogen-bond acceptors (Lipinski definition) is 7. The van der Waals surface area contributed by atoms with Gasteiger partial charge in [0.25, 0.3) is 0 Å². The van der Waals surface area contributed by atoms with Crippen molar-refractivity contribution in [2.75, 3.05) is 31.4 Å². The van der Waals surface area contributed by atoms with Crippen LogP contribution in [-0.2, 0) is 17.9 Å². The van der Waals surface area contributed by atoms with Crippen LogP contribution in [0.2, 0.25) is 0 Å². The zero-order chi connectivity index (χ0) is 27.4. The lowest BCUT2D eigenvalue weighted by Crippen LogP contribution is -2.11. The summed E-state index contributed by atoms with van der Waals surface area (Å²) in [4.78, 5) is 27.8. The van der Waals surface area contributed by atoms with Crippen molar-refractivity contribution in [1.29, 1.82) is 0 Å². The van der Waals surface area contributed by atoms with E-state index in [0.717, 1.165) is 28.8 Å². The predicted octanol–water partition coefficient (Wildman–Crippen LogP) is 5.67. The number of fused-ring (bicyclic) bond motifs is 2. The van der Waals surface area contributed by atoms with E-state index in [9.17, 15) is 9.18 Å². The maximum Gasteiger partial charge on any atom is 0.247 e. The molecule has 0 saturated heterocycles. The largest absolute Gasteiger partial charge is 0.438 e. The summed E-state index contributed by atoms with van der Waals surface area (Å²) in [6, 6.07) is 18.6. The zero-order valence-electron chi connectivity index (χ0n) is 21.7. The van der Waals surface area contributed by atoms with E-state index in [0.29, 0.717) is 34.3 Å². The fraction of sp³-hybridized carbons (Fsp3) is 0.172. The monoisotopic (exact) mass is 525 g/mol. The number of carbonyl (C=O) groups is 1. The summed E-state index contributed by atoms with van der Waals surface area (Å²) in [6.45, 7) is 3.85. The molecule has 0 bridgehead atoms. The Kier molecular flexibility index (Phi) is 7.46. The van der Waals surface area contributed by atoms with Gasteiger partial charge in [-0.05, 0) is 62.6 Å². The standard InChI is InChI=1S/C29H28FN7O2/c1-4-26(38)32-20-6-5-7-23(17-20)39-28-24-12-14-37(15-13-30)27(24)34-29(35-28)33-21-10-11-25-19(16-21)8-9-22(31-25)18-36(2)3/h4-12,14,16-17H,1,13,15,18H2,2-3H3,(H,32,38)(H,33,34,35). The number of pyridine rings is 1. The Labute approximate surface area is 225 Å². The molecule has 0 aliphatic carbocycles. The van der Waals surface area contributed by atoms with Gasteiger partial charge in [-0.2, -0.15) is 9.97 Å². The molecular weight excluding hydrogens is 497 g/mol. The van der Waals surface area contributed by atoms with Crippen molar-refractivity contribution in [2.24, 2.45) is 0 Å². The number of aryl methyl sites for hydroxylation is 1. The number of rotatable bonds is 10. The number of nitrogens with zero attached hydrogens (tertiary/aromatic N) is 5. The van der Waals surface area contributed by atoms with Crippen LogP contribution in [0.1, 0.15) is 5.69 Å². The summed E-state index contributed by atoms with van der Waals surface area (Å²) in [5.41, 5.74) is 3.74. The number of anilines is 3. The molecule has 0 fully saturated rings. The van der Waals surface area contributed by atoms with E-state index < -0.39 is 6.67 Å². The highest BCUT2D eigenvalue weighted by molar-refractivity contribution is 5.99. The number of hydrogen-bond donors (Lipinski definition) is 2. The number of amides is 1. The highest BCUT2D eigenvalue weighted by Gasteiger charge is 2.15. The van der Waals surface area contributed by atoms with Gasteiger partial charge in [0.15, 0.2) is 0 Å². The Morgan fingerprint density at radius 1 is 1.08 bits per heavy atom. The molecule has 2 aromatic carbocycles. The lowest BCUT2D eigenvalue weighted by atomic mass is 10.2.